The number of halogens is 1. The number of benzene rings is 1. The molecule has 2 rings (SSSR count). The summed E-state index contributed by atoms with van der Waals surface area (Å²) in [6.45, 7) is 0. The maximum absolute atomic E-state index is 12.3. The van der Waals surface area contributed by atoms with E-state index in [0.717, 1.165) is 9.85 Å². The summed E-state index contributed by atoms with van der Waals surface area (Å²) in [7, 11) is -2.28. The molecule has 0 amide bonds. The molecular weight excluding hydrogens is 380 g/mol. The largest absolute Gasteiger partial charge is 0.496 e. The molecule has 112 valence electrons. The normalized spacial score (nSPS) is 11.3. The van der Waals surface area contributed by atoms with Gasteiger partial charge in [0.2, 0.25) is 0 Å². The van der Waals surface area contributed by atoms with Crippen molar-refractivity contribution in [1.82, 2.24) is 0 Å². The van der Waals surface area contributed by atoms with Crippen LogP contribution in [0.1, 0.15) is 15.2 Å². The highest BCUT2D eigenvalue weighted by Gasteiger charge is 2.20. The number of thiophene rings is 1. The van der Waals surface area contributed by atoms with Crippen LogP contribution in [-0.4, -0.2) is 26.6 Å². The third-order valence-corrected chi connectivity index (χ3v) is 6.19. The van der Waals surface area contributed by atoms with Gasteiger partial charge >= 0.3 is 5.97 Å². The molecule has 1 heterocycles. The van der Waals surface area contributed by atoms with Crippen molar-refractivity contribution in [2.45, 2.75) is 10.6 Å². The van der Waals surface area contributed by atoms with Gasteiger partial charge in [-0.15, -0.1) is 11.3 Å². The van der Waals surface area contributed by atoms with Crippen LogP contribution in [0.25, 0.3) is 0 Å². The Kier molecular flexibility index (Phi) is 4.70. The van der Waals surface area contributed by atoms with E-state index in [2.05, 4.69) is 15.9 Å². The summed E-state index contributed by atoms with van der Waals surface area (Å²) in [6.07, 6.45) is 0. The second-order valence-electron chi connectivity index (χ2n) is 4.13. The molecule has 0 saturated carbocycles. The number of carbonyl (C=O) groups is 1. The van der Waals surface area contributed by atoms with Crippen molar-refractivity contribution in [3.05, 3.63) is 44.6 Å². The minimum Gasteiger partial charge on any atom is -0.496 e. The summed E-state index contributed by atoms with van der Waals surface area (Å²) in [5, 5.41) is 9.10. The lowest BCUT2D eigenvalue weighted by molar-refractivity contribution is 0.0693. The Morgan fingerprint density at radius 1 is 1.33 bits per heavy atom. The molecule has 1 N–H and O–H groups in total. The van der Waals surface area contributed by atoms with E-state index in [1.165, 1.54) is 30.6 Å². The fourth-order valence-electron chi connectivity index (χ4n) is 1.75. The molecule has 0 bridgehead atoms. The third kappa shape index (κ3) is 3.63. The lowest BCUT2D eigenvalue weighted by atomic mass is 10.2. The van der Waals surface area contributed by atoms with E-state index in [0.29, 0.717) is 4.88 Å². The number of hydrogen-bond acceptors (Lipinski definition) is 5. The number of carboxylic acid groups (broad SMARTS) is 1. The first-order valence-electron chi connectivity index (χ1n) is 5.72. The molecule has 0 atom stereocenters. The maximum atomic E-state index is 12.3. The molecule has 0 fully saturated rings. The summed E-state index contributed by atoms with van der Waals surface area (Å²) >= 11 is 4.60. The van der Waals surface area contributed by atoms with Crippen molar-refractivity contribution in [3.63, 3.8) is 0 Å². The van der Waals surface area contributed by atoms with Crippen molar-refractivity contribution in [2.75, 3.05) is 7.11 Å². The van der Waals surface area contributed by atoms with Gasteiger partial charge in [0.05, 0.1) is 21.5 Å². The van der Waals surface area contributed by atoms with Gasteiger partial charge in [0.15, 0.2) is 9.84 Å². The van der Waals surface area contributed by atoms with Crippen LogP contribution in [-0.2, 0) is 15.6 Å². The molecule has 0 aliphatic carbocycles. The Morgan fingerprint density at radius 3 is 2.57 bits per heavy atom. The van der Waals surface area contributed by atoms with Crippen LogP contribution in [0.4, 0.5) is 0 Å². The van der Waals surface area contributed by atoms with Crippen molar-refractivity contribution in [3.8, 4) is 5.75 Å². The third-order valence-electron chi connectivity index (χ3n) is 2.72. The first-order valence-corrected chi connectivity index (χ1v) is 8.98. The Bertz CT molecular complexity index is 780. The number of ether oxygens (including phenoxy) is 1. The molecule has 2 aromatic rings. The van der Waals surface area contributed by atoms with Crippen LogP contribution in [0.15, 0.2) is 39.0 Å². The molecule has 1 aromatic heterocycles. The van der Waals surface area contributed by atoms with E-state index >= 15 is 0 Å². The highest BCUT2D eigenvalue weighted by molar-refractivity contribution is 9.11. The Balaban J connectivity index is 2.40. The highest BCUT2D eigenvalue weighted by atomic mass is 79.9. The van der Waals surface area contributed by atoms with Crippen LogP contribution in [0.3, 0.4) is 0 Å². The fraction of sp³-hybridized carbons (Fsp3) is 0.154. The van der Waals surface area contributed by atoms with E-state index in [-0.39, 0.29) is 22.0 Å². The van der Waals surface area contributed by atoms with E-state index in [4.69, 9.17) is 9.84 Å². The molecule has 0 aliphatic heterocycles. The van der Waals surface area contributed by atoms with Crippen molar-refractivity contribution in [2.24, 2.45) is 0 Å². The summed E-state index contributed by atoms with van der Waals surface area (Å²) in [5.41, 5.74) is -0.175. The first-order chi connectivity index (χ1) is 9.83. The van der Waals surface area contributed by atoms with Crippen LogP contribution in [0.5, 0.6) is 5.75 Å². The lowest BCUT2D eigenvalue weighted by Gasteiger charge is -2.08. The van der Waals surface area contributed by atoms with Gasteiger partial charge in [-0.1, -0.05) is 0 Å². The predicted octanol–water partition coefficient (Wildman–Crippen LogP) is 3.19. The SMILES string of the molecule is COc1ccc(S(=O)(=O)Cc2ccc(Br)s2)cc1C(=O)O. The van der Waals surface area contributed by atoms with E-state index in [1.54, 1.807) is 12.1 Å². The summed E-state index contributed by atoms with van der Waals surface area (Å²) < 4.78 is 30.4. The summed E-state index contributed by atoms with van der Waals surface area (Å²) in [5.74, 6) is -1.28. The van der Waals surface area contributed by atoms with Crippen LogP contribution < -0.4 is 4.74 Å². The first kappa shape index (κ1) is 16.0. The zero-order valence-electron chi connectivity index (χ0n) is 10.9. The second kappa shape index (κ2) is 6.17. The molecule has 0 spiro atoms. The summed E-state index contributed by atoms with van der Waals surface area (Å²) in [4.78, 5) is 11.8. The molecule has 8 heteroatoms. The Morgan fingerprint density at radius 2 is 2.05 bits per heavy atom. The van der Waals surface area contributed by atoms with E-state index in [9.17, 15) is 13.2 Å². The lowest BCUT2D eigenvalue weighted by Crippen LogP contribution is -2.07. The van der Waals surface area contributed by atoms with Crippen molar-refractivity contribution >= 4 is 43.1 Å². The fourth-order valence-corrected chi connectivity index (χ4v) is 4.94. The average Bonchev–Trinajstić information content (AvgIpc) is 2.82. The zero-order chi connectivity index (χ0) is 15.6. The molecule has 0 aliphatic rings. The van der Waals surface area contributed by atoms with Gasteiger partial charge in [0.1, 0.15) is 11.3 Å². The van der Waals surface area contributed by atoms with Gasteiger partial charge in [-0.2, -0.15) is 0 Å². The van der Waals surface area contributed by atoms with Gasteiger partial charge in [0, 0.05) is 4.88 Å². The number of sulfone groups is 1. The smallest absolute Gasteiger partial charge is 0.339 e. The van der Waals surface area contributed by atoms with Crippen molar-refractivity contribution in [1.29, 1.82) is 0 Å². The van der Waals surface area contributed by atoms with Crippen LogP contribution in [0.2, 0.25) is 0 Å². The monoisotopic (exact) mass is 390 g/mol. The topological polar surface area (TPSA) is 80.7 Å². The zero-order valence-corrected chi connectivity index (χ0v) is 14.1. The van der Waals surface area contributed by atoms with Gasteiger partial charge in [-0.25, -0.2) is 13.2 Å². The van der Waals surface area contributed by atoms with E-state index < -0.39 is 15.8 Å². The maximum Gasteiger partial charge on any atom is 0.339 e. The van der Waals surface area contributed by atoms with Gasteiger partial charge in [0.25, 0.3) is 0 Å². The Hall–Kier alpha value is -1.38. The molecule has 0 radical (unpaired) electrons. The number of aromatic carboxylic acids is 1. The molecule has 21 heavy (non-hydrogen) atoms. The van der Waals surface area contributed by atoms with Crippen molar-refractivity contribution < 1.29 is 23.1 Å². The van der Waals surface area contributed by atoms with Crippen LogP contribution in [0, 0.1) is 0 Å². The molecule has 0 unspecified atom stereocenters. The standard InChI is InChI=1S/C13H11BrO5S2/c1-19-11-4-3-9(6-10(11)13(15)16)21(17,18)7-8-2-5-12(14)20-8/h2-6H,7H2,1H3,(H,15,16). The van der Waals surface area contributed by atoms with Gasteiger partial charge in [-0.05, 0) is 46.3 Å². The molecule has 0 saturated heterocycles. The predicted molar refractivity (Wildman–Crippen MR) is 82.9 cm³/mol. The average molecular weight is 391 g/mol. The summed E-state index contributed by atoms with van der Waals surface area (Å²) in [6, 6.07) is 7.31. The minimum atomic E-state index is -3.61. The van der Waals surface area contributed by atoms with E-state index in [1.807, 2.05) is 0 Å². The highest BCUT2D eigenvalue weighted by Crippen LogP contribution is 2.28. The quantitative estimate of drug-likeness (QED) is 0.847. The molecule has 1 aromatic carbocycles. The number of rotatable bonds is 5. The number of hydrogen-bond donors (Lipinski definition) is 1. The Labute approximate surface area is 134 Å². The van der Waals surface area contributed by atoms with Gasteiger partial charge in [-0.3, -0.25) is 0 Å². The second-order valence-corrected chi connectivity index (χ2v) is 8.67. The van der Waals surface area contributed by atoms with Crippen LogP contribution >= 0.6 is 27.3 Å². The minimum absolute atomic E-state index is 0.0368. The number of methoxy groups -OCH3 is 1. The van der Waals surface area contributed by atoms with Gasteiger partial charge < -0.3 is 9.84 Å². The molecule has 5 nitrogen and oxygen atoms in total. The molecular formula is C13H11BrO5S2. The number of carboxylic acids is 1.